The molecule has 0 unspecified atom stereocenters. The van der Waals surface area contributed by atoms with E-state index in [0.717, 1.165) is 6.26 Å². The molecule has 0 saturated carbocycles. The average Bonchev–Trinajstić information content (AvgIpc) is 3.33. The first-order valence-corrected chi connectivity index (χ1v) is 13.7. The van der Waals surface area contributed by atoms with E-state index in [1.165, 1.54) is 45.6 Å². The third-order valence-corrected chi connectivity index (χ3v) is 7.75. The highest BCUT2D eigenvalue weighted by Gasteiger charge is 2.50. The SMILES string of the molecule is COc1cc(O)c(-c2coc3cc(O[C@@H]4O[C@H](CO[C@@H]5OC[C@](O)(CO)[C@H]5O)[C@@H](O)[C@H](O)[C@H]4O)cc(OC)c3c2=O)cc1OC. The van der Waals surface area contributed by atoms with Gasteiger partial charge in [-0.2, -0.15) is 0 Å². The van der Waals surface area contributed by atoms with Gasteiger partial charge in [0.15, 0.2) is 17.8 Å². The average molecular weight is 639 g/mol. The second-order valence-electron chi connectivity index (χ2n) is 10.6. The molecule has 3 aromatic rings. The number of rotatable bonds is 10. The van der Waals surface area contributed by atoms with Crippen molar-refractivity contribution in [3.63, 3.8) is 0 Å². The van der Waals surface area contributed by atoms with E-state index in [0.29, 0.717) is 0 Å². The molecule has 2 aliphatic heterocycles. The summed E-state index contributed by atoms with van der Waals surface area (Å²) in [5.41, 5.74) is -2.39. The quantitative estimate of drug-likeness (QED) is 0.139. The Morgan fingerprint density at radius 1 is 0.889 bits per heavy atom. The molecule has 0 aliphatic carbocycles. The van der Waals surface area contributed by atoms with Crippen molar-refractivity contribution in [1.82, 2.24) is 0 Å². The number of ether oxygens (including phenoxy) is 7. The van der Waals surface area contributed by atoms with Crippen LogP contribution in [0.25, 0.3) is 22.1 Å². The Labute approximate surface area is 255 Å². The van der Waals surface area contributed by atoms with Gasteiger partial charge in [-0.15, -0.1) is 0 Å². The van der Waals surface area contributed by atoms with Gasteiger partial charge in [0.2, 0.25) is 11.7 Å². The molecule has 0 spiro atoms. The highest BCUT2D eigenvalue weighted by atomic mass is 16.7. The van der Waals surface area contributed by atoms with E-state index in [1.54, 1.807) is 0 Å². The zero-order valence-electron chi connectivity index (χ0n) is 24.4. The van der Waals surface area contributed by atoms with Crippen LogP contribution in [0.5, 0.6) is 28.7 Å². The summed E-state index contributed by atoms with van der Waals surface area (Å²) in [6.45, 7) is -1.67. The maximum Gasteiger partial charge on any atom is 0.229 e. The lowest BCUT2D eigenvalue weighted by Gasteiger charge is -2.40. The molecule has 5 rings (SSSR count). The van der Waals surface area contributed by atoms with E-state index in [1.807, 2.05) is 0 Å². The van der Waals surface area contributed by atoms with Crippen LogP contribution < -0.4 is 24.4 Å². The molecule has 2 aromatic carbocycles. The van der Waals surface area contributed by atoms with Crippen molar-refractivity contribution >= 4 is 11.0 Å². The lowest BCUT2D eigenvalue weighted by molar-refractivity contribution is -0.289. The van der Waals surface area contributed by atoms with Crippen LogP contribution >= 0.6 is 0 Å². The fraction of sp³-hybridized carbons (Fsp3) is 0.483. The van der Waals surface area contributed by atoms with E-state index in [4.69, 9.17) is 37.6 Å². The third kappa shape index (κ3) is 5.99. The van der Waals surface area contributed by atoms with E-state index in [-0.39, 0.29) is 50.8 Å². The lowest BCUT2D eigenvalue weighted by atomic mass is 9.99. The standard InChI is InChI=1S/C29H34O16/c1-38-16-6-13(15(31)7-17(16)39-2)14-8-41-19-5-12(4-18(40-3)21(19)22(14)32)44-27-25(35)24(34)23(33)20(45-27)9-42-28-26(36)29(37,10-30)11-43-28/h4-8,20,23-28,30-31,33-37H,9-11H2,1-3H3/t20-,23-,24+,25-,26+,27-,28-,29-/m1/s1. The van der Waals surface area contributed by atoms with Gasteiger partial charge in [0, 0.05) is 23.8 Å². The monoisotopic (exact) mass is 638 g/mol. The van der Waals surface area contributed by atoms with Crippen molar-refractivity contribution < 1.29 is 73.3 Å². The Kier molecular flexibility index (Phi) is 9.41. The molecule has 2 saturated heterocycles. The number of phenolic OH excluding ortho intramolecular Hbond substituents is 1. The first kappa shape index (κ1) is 32.7. The first-order valence-electron chi connectivity index (χ1n) is 13.7. The van der Waals surface area contributed by atoms with Crippen molar-refractivity contribution in [3.05, 3.63) is 40.8 Å². The Morgan fingerprint density at radius 2 is 1.58 bits per heavy atom. The number of aliphatic hydroxyl groups is 6. The topological polar surface area (TPSA) is 236 Å². The molecule has 2 fully saturated rings. The summed E-state index contributed by atoms with van der Waals surface area (Å²) in [5.74, 6) is 0.243. The van der Waals surface area contributed by atoms with E-state index in [9.17, 15) is 40.5 Å². The summed E-state index contributed by atoms with van der Waals surface area (Å²) >= 11 is 0. The summed E-state index contributed by atoms with van der Waals surface area (Å²) in [6, 6.07) is 5.34. The number of phenols is 1. The Balaban J connectivity index is 1.39. The van der Waals surface area contributed by atoms with Crippen LogP contribution in [-0.2, 0) is 14.2 Å². The molecular weight excluding hydrogens is 604 g/mol. The van der Waals surface area contributed by atoms with Crippen LogP contribution in [0.2, 0.25) is 0 Å². The highest BCUT2D eigenvalue weighted by molar-refractivity contribution is 5.89. The first-order chi connectivity index (χ1) is 21.5. The zero-order valence-corrected chi connectivity index (χ0v) is 24.4. The van der Waals surface area contributed by atoms with Gasteiger partial charge < -0.3 is 73.3 Å². The van der Waals surface area contributed by atoms with E-state index >= 15 is 0 Å². The van der Waals surface area contributed by atoms with Crippen LogP contribution in [0.15, 0.2) is 39.7 Å². The molecular formula is C29H34O16. The molecule has 0 amide bonds. The fourth-order valence-corrected chi connectivity index (χ4v) is 5.10. The van der Waals surface area contributed by atoms with Gasteiger partial charge in [-0.3, -0.25) is 4.79 Å². The summed E-state index contributed by atoms with van der Waals surface area (Å²) in [4.78, 5) is 13.6. The molecule has 0 radical (unpaired) electrons. The van der Waals surface area contributed by atoms with Crippen LogP contribution in [0.3, 0.4) is 0 Å². The summed E-state index contributed by atoms with van der Waals surface area (Å²) in [6.07, 6.45) is -9.87. The number of methoxy groups -OCH3 is 3. The van der Waals surface area contributed by atoms with E-state index < -0.39 is 74.0 Å². The van der Waals surface area contributed by atoms with Crippen LogP contribution in [-0.4, -0.2) is 126 Å². The van der Waals surface area contributed by atoms with Crippen LogP contribution in [0, 0.1) is 0 Å². The number of fused-ring (bicyclic) bond motifs is 1. The van der Waals surface area contributed by atoms with Gasteiger partial charge in [0.25, 0.3) is 0 Å². The van der Waals surface area contributed by atoms with Gasteiger partial charge in [0.1, 0.15) is 70.6 Å². The lowest BCUT2D eigenvalue weighted by Crippen LogP contribution is -2.60. The predicted octanol–water partition coefficient (Wildman–Crippen LogP) is -1.16. The molecule has 246 valence electrons. The third-order valence-electron chi connectivity index (χ3n) is 7.75. The largest absolute Gasteiger partial charge is 0.507 e. The molecule has 8 atom stereocenters. The van der Waals surface area contributed by atoms with Crippen molar-refractivity contribution in [1.29, 1.82) is 0 Å². The van der Waals surface area contributed by atoms with Gasteiger partial charge in [-0.05, 0) is 6.07 Å². The minimum absolute atomic E-state index is 0.00124. The number of aromatic hydroxyl groups is 1. The number of hydrogen-bond donors (Lipinski definition) is 7. The Hall–Kier alpha value is -3.71. The van der Waals surface area contributed by atoms with Crippen molar-refractivity contribution in [3.8, 4) is 39.9 Å². The maximum absolute atomic E-state index is 13.6. The van der Waals surface area contributed by atoms with Gasteiger partial charge in [0.05, 0.1) is 46.7 Å². The zero-order chi connectivity index (χ0) is 32.6. The second kappa shape index (κ2) is 13.0. The molecule has 0 bridgehead atoms. The number of benzene rings is 2. The van der Waals surface area contributed by atoms with Crippen LogP contribution in [0.1, 0.15) is 0 Å². The minimum atomic E-state index is -1.94. The van der Waals surface area contributed by atoms with Crippen molar-refractivity contribution in [2.45, 2.75) is 48.7 Å². The normalized spacial score (nSPS) is 29.9. The van der Waals surface area contributed by atoms with Crippen molar-refractivity contribution in [2.75, 3.05) is 41.2 Å². The second-order valence-corrected chi connectivity index (χ2v) is 10.6. The summed E-state index contributed by atoms with van der Waals surface area (Å²) in [7, 11) is 4.10. The van der Waals surface area contributed by atoms with E-state index in [2.05, 4.69) is 0 Å². The van der Waals surface area contributed by atoms with Crippen LogP contribution in [0.4, 0.5) is 0 Å². The van der Waals surface area contributed by atoms with Gasteiger partial charge >= 0.3 is 0 Å². The number of hydrogen-bond acceptors (Lipinski definition) is 16. The van der Waals surface area contributed by atoms with Crippen molar-refractivity contribution in [2.24, 2.45) is 0 Å². The summed E-state index contributed by atoms with van der Waals surface area (Å²) in [5, 5.41) is 71.8. The molecule has 3 heterocycles. The predicted molar refractivity (Wildman–Crippen MR) is 150 cm³/mol. The minimum Gasteiger partial charge on any atom is -0.507 e. The molecule has 7 N–H and O–H groups in total. The van der Waals surface area contributed by atoms with Gasteiger partial charge in [-0.25, -0.2) is 0 Å². The number of aliphatic hydroxyl groups excluding tert-OH is 5. The molecule has 45 heavy (non-hydrogen) atoms. The summed E-state index contributed by atoms with van der Waals surface area (Å²) < 4.78 is 43.6. The van der Waals surface area contributed by atoms with Gasteiger partial charge in [-0.1, -0.05) is 0 Å². The molecule has 1 aromatic heterocycles. The highest BCUT2D eigenvalue weighted by Crippen LogP contribution is 2.40. The fourth-order valence-electron chi connectivity index (χ4n) is 5.10. The molecule has 2 aliphatic rings. The maximum atomic E-state index is 13.6. The Morgan fingerprint density at radius 3 is 2.22 bits per heavy atom. The molecule has 16 heteroatoms. The Bertz CT molecular complexity index is 1570. The molecule has 16 nitrogen and oxygen atoms in total. The smallest absolute Gasteiger partial charge is 0.229 e.